The van der Waals surface area contributed by atoms with Crippen LogP contribution in [0.2, 0.25) is 0 Å². The average molecular weight is 1040 g/mol. The molecule has 4 unspecified atom stereocenters. The van der Waals surface area contributed by atoms with Gasteiger partial charge in [0.25, 0.3) is 0 Å². The average Bonchev–Trinajstić information content (AvgIpc) is 3.39. The van der Waals surface area contributed by atoms with Crippen molar-refractivity contribution in [3.8, 4) is 23.0 Å². The maximum Gasteiger partial charge on any atom is 0.119 e. The summed E-state index contributed by atoms with van der Waals surface area (Å²) in [6.07, 6.45) is -3.01. The molecule has 0 saturated heterocycles. The summed E-state index contributed by atoms with van der Waals surface area (Å²) in [7, 11) is 0. The molecular formula is C54H90N12O8. The number of rotatable bonds is 41. The maximum absolute atomic E-state index is 10.9. The molecule has 74 heavy (non-hydrogen) atoms. The Hall–Kier alpha value is -4.56. The third-order valence-electron chi connectivity index (χ3n) is 12.5. The van der Waals surface area contributed by atoms with Crippen LogP contribution in [0.1, 0.15) is 34.1 Å². The summed E-state index contributed by atoms with van der Waals surface area (Å²) in [6, 6.07) is 31.6. The number of ether oxygens (including phenoxy) is 4. The Kier molecular flexibility index (Phi) is 29.9. The van der Waals surface area contributed by atoms with Crippen molar-refractivity contribution in [2.45, 2.75) is 36.3 Å². The molecule has 0 heterocycles. The number of hydrogen-bond donors (Lipinski definition) is 12. The molecule has 0 saturated carbocycles. The minimum Gasteiger partial charge on any atom is -0.491 e. The van der Waals surface area contributed by atoms with Gasteiger partial charge in [0, 0.05) is 143 Å². The number of benzene rings is 4. The minimum absolute atomic E-state index is 0.0848. The Morgan fingerprint density at radius 2 is 0.446 bits per heavy atom. The Morgan fingerprint density at radius 3 is 0.595 bits per heavy atom. The standard InChI is InChI=1S/C54H90N12O8/c55-17-25-63(26-18-56)33-45(67)37-71-49-9-1-41(2-10-49)53(42-3-11-50(12-4-42)72-38-46(68)34-64(27-19-57)28-20-58)54(43-5-13-51(14-6-43)73-39-47(69)35-65(29-21-59)30-22-60)44-7-15-52(16-8-44)74-40-48(70)36-66(31-23-61)32-24-62/h1-16,45-48,53-54,67-70H,17-40,55-62H2. The summed E-state index contributed by atoms with van der Waals surface area (Å²) in [6.45, 7) is 10.5. The molecule has 0 aliphatic heterocycles. The SMILES string of the molecule is NCCN(CCN)CC(O)COc1ccc(C(c2ccc(OCC(O)CN(CCN)CCN)cc2)C(c2ccc(OCC(O)CN(CCN)CCN)cc2)c2ccc(OCC(O)CN(CCN)CCN)cc2)cc1. The highest BCUT2D eigenvalue weighted by Crippen LogP contribution is 2.44. The number of aliphatic hydroxyl groups excluding tert-OH is 4. The van der Waals surface area contributed by atoms with Crippen LogP contribution in [0, 0.1) is 0 Å². The van der Waals surface area contributed by atoms with Gasteiger partial charge in [-0.1, -0.05) is 48.5 Å². The zero-order chi connectivity index (χ0) is 53.5. The van der Waals surface area contributed by atoms with Crippen LogP contribution in [0.5, 0.6) is 23.0 Å². The van der Waals surface area contributed by atoms with Gasteiger partial charge in [0.15, 0.2) is 0 Å². The van der Waals surface area contributed by atoms with E-state index < -0.39 is 24.4 Å². The van der Waals surface area contributed by atoms with E-state index in [0.29, 0.717) is 154 Å². The van der Waals surface area contributed by atoms with E-state index in [9.17, 15) is 20.4 Å². The first-order chi connectivity index (χ1) is 36.0. The number of aliphatic hydroxyl groups is 4. The van der Waals surface area contributed by atoms with Gasteiger partial charge in [0.1, 0.15) is 73.8 Å². The molecule has 0 amide bonds. The molecule has 0 fully saturated rings. The normalized spacial score (nSPS) is 14.3. The van der Waals surface area contributed by atoms with E-state index in [4.69, 9.17) is 64.8 Å². The molecule has 20 N–H and O–H groups in total. The van der Waals surface area contributed by atoms with Gasteiger partial charge in [-0.25, -0.2) is 0 Å². The van der Waals surface area contributed by atoms with E-state index in [1.165, 1.54) is 0 Å². The van der Waals surface area contributed by atoms with Crippen molar-refractivity contribution in [1.29, 1.82) is 0 Å². The first-order valence-corrected chi connectivity index (χ1v) is 26.1. The smallest absolute Gasteiger partial charge is 0.119 e. The summed E-state index contributed by atoms with van der Waals surface area (Å²) in [5.74, 6) is 1.82. The van der Waals surface area contributed by atoms with Gasteiger partial charge >= 0.3 is 0 Å². The lowest BCUT2D eigenvalue weighted by Gasteiger charge is -2.30. The first-order valence-electron chi connectivity index (χ1n) is 26.1. The van der Waals surface area contributed by atoms with Crippen molar-refractivity contribution < 1.29 is 39.4 Å². The predicted molar refractivity (Wildman–Crippen MR) is 294 cm³/mol. The summed E-state index contributed by atoms with van der Waals surface area (Å²) >= 11 is 0. The molecule has 4 rings (SSSR count). The molecular weight excluding hydrogens is 945 g/mol. The summed E-state index contributed by atoms with van der Waals surface area (Å²) < 4.78 is 24.5. The third-order valence-corrected chi connectivity index (χ3v) is 12.5. The second-order valence-electron chi connectivity index (χ2n) is 18.6. The highest BCUT2D eigenvalue weighted by Gasteiger charge is 2.29. The zero-order valence-electron chi connectivity index (χ0n) is 43.5. The van der Waals surface area contributed by atoms with Crippen LogP contribution in [0.15, 0.2) is 97.1 Å². The van der Waals surface area contributed by atoms with Crippen molar-refractivity contribution in [2.75, 3.05) is 157 Å². The quantitative estimate of drug-likeness (QED) is 0.0240. The molecule has 0 aromatic heterocycles. The van der Waals surface area contributed by atoms with E-state index >= 15 is 0 Å². The van der Waals surface area contributed by atoms with Crippen LogP contribution in [0.4, 0.5) is 0 Å². The van der Waals surface area contributed by atoms with Crippen molar-refractivity contribution in [3.05, 3.63) is 119 Å². The van der Waals surface area contributed by atoms with Gasteiger partial charge in [0.2, 0.25) is 0 Å². The van der Waals surface area contributed by atoms with Gasteiger partial charge in [-0.15, -0.1) is 0 Å². The van der Waals surface area contributed by atoms with Gasteiger partial charge in [-0.3, -0.25) is 19.6 Å². The Morgan fingerprint density at radius 1 is 0.284 bits per heavy atom. The molecule has 4 aromatic carbocycles. The lowest BCUT2D eigenvalue weighted by molar-refractivity contribution is 0.0700. The first kappa shape index (κ1) is 62.0. The van der Waals surface area contributed by atoms with Crippen LogP contribution < -0.4 is 64.8 Å². The lowest BCUT2D eigenvalue weighted by Crippen LogP contribution is -2.41. The molecule has 4 aromatic rings. The lowest BCUT2D eigenvalue weighted by atomic mass is 9.73. The summed E-state index contributed by atoms with van der Waals surface area (Å²) in [4.78, 5) is 8.09. The summed E-state index contributed by atoms with van der Waals surface area (Å²) in [5, 5.41) is 43.5. The van der Waals surface area contributed by atoms with E-state index in [1.807, 2.05) is 117 Å². The third kappa shape index (κ3) is 22.3. The molecule has 4 atom stereocenters. The molecule has 0 aliphatic rings. The fraction of sp³-hybridized carbons (Fsp3) is 0.556. The van der Waals surface area contributed by atoms with Gasteiger partial charge < -0.3 is 85.2 Å². The van der Waals surface area contributed by atoms with Gasteiger partial charge in [-0.05, 0) is 70.8 Å². The Labute approximate surface area is 439 Å². The summed E-state index contributed by atoms with van der Waals surface area (Å²) in [5.41, 5.74) is 50.3. The van der Waals surface area contributed by atoms with Gasteiger partial charge in [0.05, 0.1) is 0 Å². The van der Waals surface area contributed by atoms with Crippen LogP contribution in [0.25, 0.3) is 0 Å². The predicted octanol–water partition coefficient (Wildman–Crippen LogP) is -1.51. The Balaban J connectivity index is 1.71. The highest BCUT2D eigenvalue weighted by molar-refractivity contribution is 5.48. The zero-order valence-corrected chi connectivity index (χ0v) is 43.5. The van der Waals surface area contributed by atoms with Crippen molar-refractivity contribution in [2.24, 2.45) is 45.9 Å². The number of nitrogens with two attached hydrogens (primary N) is 8. The van der Waals surface area contributed by atoms with E-state index in [-0.39, 0.29) is 38.3 Å². The second-order valence-corrected chi connectivity index (χ2v) is 18.6. The highest BCUT2D eigenvalue weighted by atomic mass is 16.5. The fourth-order valence-corrected chi connectivity index (χ4v) is 9.05. The fourth-order valence-electron chi connectivity index (χ4n) is 9.05. The van der Waals surface area contributed by atoms with Crippen LogP contribution >= 0.6 is 0 Å². The molecule has 0 radical (unpaired) electrons. The maximum atomic E-state index is 10.9. The topological polar surface area (TPSA) is 339 Å². The van der Waals surface area contributed by atoms with Crippen molar-refractivity contribution in [3.63, 3.8) is 0 Å². The van der Waals surface area contributed by atoms with E-state index in [0.717, 1.165) is 22.3 Å². The molecule has 0 aliphatic carbocycles. The Bertz CT molecular complexity index is 1720. The second kappa shape index (κ2) is 35.7. The van der Waals surface area contributed by atoms with E-state index in [1.54, 1.807) is 0 Å². The van der Waals surface area contributed by atoms with Crippen LogP contribution in [0.3, 0.4) is 0 Å². The van der Waals surface area contributed by atoms with E-state index in [2.05, 4.69) is 0 Å². The molecule has 0 bridgehead atoms. The largest absolute Gasteiger partial charge is 0.491 e. The molecule has 20 nitrogen and oxygen atoms in total. The molecule has 0 spiro atoms. The monoisotopic (exact) mass is 1030 g/mol. The van der Waals surface area contributed by atoms with Gasteiger partial charge in [-0.2, -0.15) is 0 Å². The van der Waals surface area contributed by atoms with Crippen molar-refractivity contribution >= 4 is 0 Å². The van der Waals surface area contributed by atoms with Crippen LogP contribution in [-0.2, 0) is 0 Å². The molecule has 414 valence electrons. The molecule has 20 heteroatoms. The minimum atomic E-state index is -0.753. The van der Waals surface area contributed by atoms with Crippen molar-refractivity contribution in [1.82, 2.24) is 19.6 Å². The number of nitrogens with zero attached hydrogens (tertiary/aromatic N) is 4. The number of hydrogen-bond acceptors (Lipinski definition) is 20. The van der Waals surface area contributed by atoms with Crippen LogP contribution in [-0.4, -0.2) is 222 Å².